The number of aryl methyl sites for hydroxylation is 1. The number of methoxy groups -OCH3 is 1. The van der Waals surface area contributed by atoms with E-state index in [2.05, 4.69) is 14.8 Å². The van der Waals surface area contributed by atoms with E-state index < -0.39 is 0 Å². The number of ether oxygens (including phenoxy) is 1. The van der Waals surface area contributed by atoms with Gasteiger partial charge in [-0.2, -0.15) is 0 Å². The molecule has 2 aliphatic heterocycles. The van der Waals surface area contributed by atoms with Gasteiger partial charge in [-0.1, -0.05) is 0 Å². The summed E-state index contributed by atoms with van der Waals surface area (Å²) in [6.07, 6.45) is 6.87. The fraction of sp³-hybridized carbons (Fsp3) is 0.500. The molecule has 1 aromatic carbocycles. The highest BCUT2D eigenvalue weighted by Gasteiger charge is 2.30. The van der Waals surface area contributed by atoms with E-state index in [1.807, 2.05) is 12.1 Å². The average molecular weight is 457 g/mol. The predicted molar refractivity (Wildman–Crippen MR) is 127 cm³/mol. The first kappa shape index (κ1) is 21.6. The lowest BCUT2D eigenvalue weighted by Crippen LogP contribution is -2.35. The van der Waals surface area contributed by atoms with E-state index in [0.717, 1.165) is 50.3 Å². The van der Waals surface area contributed by atoms with Crippen molar-refractivity contribution in [1.29, 1.82) is 0 Å². The first-order chi connectivity index (χ1) is 15.6. The zero-order valence-electron chi connectivity index (χ0n) is 18.4. The molecule has 2 saturated heterocycles. The lowest BCUT2D eigenvalue weighted by atomic mass is 10.2. The number of halogens is 1. The zero-order valence-corrected chi connectivity index (χ0v) is 19.2. The van der Waals surface area contributed by atoms with E-state index in [1.54, 1.807) is 13.2 Å². The van der Waals surface area contributed by atoms with Crippen LogP contribution in [0.15, 0.2) is 35.4 Å². The molecule has 3 aromatic rings. The van der Waals surface area contributed by atoms with Gasteiger partial charge in [0.1, 0.15) is 16.8 Å². The lowest BCUT2D eigenvalue weighted by molar-refractivity contribution is 0.195. The number of nitrogens with zero attached hydrogens (tertiary/aromatic N) is 4. The standard InChI is InChI=1S/C24H29FN4O2S/c1-31-12-4-5-19-14-21-23(32-19)24(30)29(16-26-21)17-6-7-22(20(25)13-17)28-11-8-18(15-28)27-9-2-3-10-27/h6-7,13-14,16,18H,2-5,8-12,15H2,1H3/t18-/m1/s1. The molecule has 2 aliphatic rings. The summed E-state index contributed by atoms with van der Waals surface area (Å²) in [7, 11) is 1.69. The maximum atomic E-state index is 15.1. The molecule has 1 atom stereocenters. The van der Waals surface area contributed by atoms with Gasteiger partial charge >= 0.3 is 0 Å². The predicted octanol–water partition coefficient (Wildman–Crippen LogP) is 3.84. The molecule has 0 bridgehead atoms. The van der Waals surface area contributed by atoms with Crippen molar-refractivity contribution in [2.24, 2.45) is 0 Å². The van der Waals surface area contributed by atoms with Crippen LogP contribution in [0.1, 0.15) is 30.6 Å². The Kier molecular flexibility index (Phi) is 6.26. The van der Waals surface area contributed by atoms with Crippen molar-refractivity contribution in [2.45, 2.75) is 38.1 Å². The second kappa shape index (κ2) is 9.29. The molecule has 0 saturated carbocycles. The SMILES string of the molecule is COCCCc1cc2ncn(-c3ccc(N4CC[C@@H](N5CCCC5)C4)c(F)c3)c(=O)c2s1. The van der Waals surface area contributed by atoms with Gasteiger partial charge in [0, 0.05) is 43.8 Å². The Balaban J connectivity index is 1.36. The Morgan fingerprint density at radius 2 is 2.06 bits per heavy atom. The summed E-state index contributed by atoms with van der Waals surface area (Å²) >= 11 is 1.47. The van der Waals surface area contributed by atoms with Gasteiger partial charge in [0.15, 0.2) is 0 Å². The second-order valence-electron chi connectivity index (χ2n) is 8.71. The average Bonchev–Trinajstić information content (AvgIpc) is 3.54. The Morgan fingerprint density at radius 3 is 2.84 bits per heavy atom. The number of anilines is 1. The molecule has 0 amide bonds. The van der Waals surface area contributed by atoms with Gasteiger partial charge in [0.2, 0.25) is 0 Å². The van der Waals surface area contributed by atoms with Crippen molar-refractivity contribution < 1.29 is 9.13 Å². The van der Waals surface area contributed by atoms with Gasteiger partial charge in [0.25, 0.3) is 5.56 Å². The summed E-state index contributed by atoms with van der Waals surface area (Å²) in [5.41, 5.74) is 1.68. The van der Waals surface area contributed by atoms with E-state index in [9.17, 15) is 4.79 Å². The Hall–Kier alpha value is -2.29. The van der Waals surface area contributed by atoms with Gasteiger partial charge in [-0.05, 0) is 63.4 Å². The number of aromatic nitrogens is 2. The van der Waals surface area contributed by atoms with Crippen LogP contribution in [0.3, 0.4) is 0 Å². The zero-order chi connectivity index (χ0) is 22.1. The van der Waals surface area contributed by atoms with Crippen molar-refractivity contribution in [3.05, 3.63) is 51.6 Å². The normalized spacial score (nSPS) is 19.4. The molecule has 0 radical (unpaired) electrons. The number of hydrogen-bond acceptors (Lipinski definition) is 6. The molecule has 32 heavy (non-hydrogen) atoms. The van der Waals surface area contributed by atoms with E-state index in [0.29, 0.717) is 34.2 Å². The molecule has 2 fully saturated rings. The third-order valence-electron chi connectivity index (χ3n) is 6.63. The van der Waals surface area contributed by atoms with Crippen LogP contribution >= 0.6 is 11.3 Å². The summed E-state index contributed by atoms with van der Waals surface area (Å²) in [5, 5.41) is 0. The van der Waals surface area contributed by atoms with Gasteiger partial charge in [-0.15, -0.1) is 11.3 Å². The first-order valence-electron chi connectivity index (χ1n) is 11.4. The molecule has 4 heterocycles. The van der Waals surface area contributed by atoms with Crippen LogP contribution < -0.4 is 10.5 Å². The minimum Gasteiger partial charge on any atom is -0.385 e. The van der Waals surface area contributed by atoms with E-state index >= 15 is 4.39 Å². The van der Waals surface area contributed by atoms with Crippen LogP contribution in [0.2, 0.25) is 0 Å². The quantitative estimate of drug-likeness (QED) is 0.506. The molecular weight excluding hydrogens is 427 g/mol. The molecule has 8 heteroatoms. The molecule has 6 nitrogen and oxygen atoms in total. The van der Waals surface area contributed by atoms with Gasteiger partial charge in [-0.25, -0.2) is 9.37 Å². The second-order valence-corrected chi connectivity index (χ2v) is 9.85. The number of hydrogen-bond donors (Lipinski definition) is 0. The Labute approximate surface area is 191 Å². The van der Waals surface area contributed by atoms with Crippen LogP contribution in [-0.2, 0) is 11.2 Å². The highest BCUT2D eigenvalue weighted by molar-refractivity contribution is 7.18. The minimum absolute atomic E-state index is 0.152. The summed E-state index contributed by atoms with van der Waals surface area (Å²) in [6, 6.07) is 7.57. The van der Waals surface area contributed by atoms with E-state index in [-0.39, 0.29) is 11.4 Å². The molecule has 0 spiro atoms. The van der Waals surface area contributed by atoms with Crippen molar-refractivity contribution in [2.75, 3.05) is 44.8 Å². The number of rotatable bonds is 7. The van der Waals surface area contributed by atoms with Gasteiger partial charge in [0.05, 0.1) is 16.9 Å². The number of fused-ring (bicyclic) bond motifs is 1. The Bertz CT molecular complexity index is 1150. The maximum absolute atomic E-state index is 15.1. The maximum Gasteiger partial charge on any atom is 0.275 e. The fourth-order valence-electron chi connectivity index (χ4n) is 4.93. The summed E-state index contributed by atoms with van der Waals surface area (Å²) in [5.74, 6) is -0.289. The Morgan fingerprint density at radius 1 is 1.22 bits per heavy atom. The largest absolute Gasteiger partial charge is 0.385 e. The molecule has 0 unspecified atom stereocenters. The van der Waals surface area contributed by atoms with Crippen molar-refractivity contribution in [1.82, 2.24) is 14.5 Å². The van der Waals surface area contributed by atoms with E-state index in [1.165, 1.54) is 41.1 Å². The molecule has 0 N–H and O–H groups in total. The van der Waals surface area contributed by atoms with Crippen molar-refractivity contribution in [3.63, 3.8) is 0 Å². The van der Waals surface area contributed by atoms with Crippen LogP contribution in [0.5, 0.6) is 0 Å². The van der Waals surface area contributed by atoms with E-state index in [4.69, 9.17) is 4.74 Å². The van der Waals surface area contributed by atoms with Crippen LogP contribution in [0.25, 0.3) is 15.9 Å². The molecule has 0 aliphatic carbocycles. The van der Waals surface area contributed by atoms with Gasteiger partial charge < -0.3 is 9.64 Å². The molecule has 5 rings (SSSR count). The monoisotopic (exact) mass is 456 g/mol. The van der Waals surface area contributed by atoms with Crippen LogP contribution in [-0.4, -0.2) is 60.4 Å². The number of likely N-dealkylation sites (tertiary alicyclic amines) is 1. The number of thiophene rings is 1. The minimum atomic E-state index is -0.289. The third-order valence-corrected chi connectivity index (χ3v) is 7.80. The molecule has 170 valence electrons. The summed E-state index contributed by atoms with van der Waals surface area (Å²) in [6.45, 7) is 4.74. The van der Waals surface area contributed by atoms with Crippen LogP contribution in [0, 0.1) is 5.82 Å². The fourth-order valence-corrected chi connectivity index (χ4v) is 6.01. The topological polar surface area (TPSA) is 50.6 Å². The van der Waals surface area contributed by atoms with Crippen LogP contribution in [0.4, 0.5) is 10.1 Å². The third kappa shape index (κ3) is 4.19. The molecule has 2 aromatic heterocycles. The summed E-state index contributed by atoms with van der Waals surface area (Å²) < 4.78 is 22.3. The first-order valence-corrected chi connectivity index (χ1v) is 12.2. The number of benzene rings is 1. The van der Waals surface area contributed by atoms with Gasteiger partial charge in [-0.3, -0.25) is 14.3 Å². The van der Waals surface area contributed by atoms with Crippen molar-refractivity contribution >= 4 is 27.2 Å². The highest BCUT2D eigenvalue weighted by Crippen LogP contribution is 2.29. The lowest BCUT2D eigenvalue weighted by Gasteiger charge is -2.24. The summed E-state index contributed by atoms with van der Waals surface area (Å²) in [4.78, 5) is 23.3. The van der Waals surface area contributed by atoms with Crippen molar-refractivity contribution in [3.8, 4) is 5.69 Å². The highest BCUT2D eigenvalue weighted by atomic mass is 32.1. The molecular formula is C24H29FN4O2S. The smallest absolute Gasteiger partial charge is 0.275 e.